The minimum atomic E-state index is -3.65. The lowest BCUT2D eigenvalue weighted by atomic mass is 10.2. The smallest absolute Gasteiger partial charge is 0.244 e. The van der Waals surface area contributed by atoms with Crippen LogP contribution in [0.15, 0.2) is 52.3 Å². The lowest BCUT2D eigenvalue weighted by Crippen LogP contribution is -2.36. The molecule has 10 nitrogen and oxygen atoms in total. The van der Waals surface area contributed by atoms with Crippen molar-refractivity contribution < 1.29 is 17.7 Å². The van der Waals surface area contributed by atoms with Crippen molar-refractivity contribution in [2.24, 2.45) is 0 Å². The summed E-state index contributed by atoms with van der Waals surface area (Å²) in [7, 11) is -0.234. The molecule has 0 radical (unpaired) electrons. The van der Waals surface area contributed by atoms with Crippen LogP contribution in [0, 0.1) is 0 Å². The summed E-state index contributed by atoms with van der Waals surface area (Å²) in [5.74, 6) is 1.36. The van der Waals surface area contributed by atoms with Crippen LogP contribution < -0.4 is 9.46 Å². The van der Waals surface area contributed by atoms with Gasteiger partial charge in [0.2, 0.25) is 21.7 Å². The number of methoxy groups -OCH3 is 1. The first-order valence-corrected chi connectivity index (χ1v) is 10.4. The Morgan fingerprint density at radius 2 is 2.03 bits per heavy atom. The maximum Gasteiger partial charge on any atom is 0.244 e. The van der Waals surface area contributed by atoms with Crippen LogP contribution in [0.4, 0.5) is 0 Å². The molecule has 1 fully saturated rings. The van der Waals surface area contributed by atoms with E-state index >= 15 is 0 Å². The third-order valence-corrected chi connectivity index (χ3v) is 6.30. The van der Waals surface area contributed by atoms with Gasteiger partial charge in [0.25, 0.3) is 0 Å². The van der Waals surface area contributed by atoms with Gasteiger partial charge in [0.15, 0.2) is 0 Å². The van der Waals surface area contributed by atoms with Gasteiger partial charge < -0.3 is 9.26 Å². The van der Waals surface area contributed by atoms with Gasteiger partial charge in [-0.1, -0.05) is 5.16 Å². The number of rotatable bonds is 6. The average Bonchev–Trinajstić information content (AvgIpc) is 3.35. The van der Waals surface area contributed by atoms with E-state index in [0.717, 1.165) is 0 Å². The highest BCUT2D eigenvalue weighted by atomic mass is 32.2. The zero-order chi connectivity index (χ0) is 20.4. The maximum atomic E-state index is 12.7. The van der Waals surface area contributed by atoms with Crippen molar-refractivity contribution in [3.05, 3.63) is 48.7 Å². The van der Waals surface area contributed by atoms with Crippen LogP contribution in [-0.2, 0) is 10.0 Å². The van der Waals surface area contributed by atoms with E-state index in [1.54, 1.807) is 30.7 Å². The molecule has 0 aliphatic carbocycles. The molecule has 152 valence electrons. The van der Waals surface area contributed by atoms with Crippen molar-refractivity contribution in [1.29, 1.82) is 0 Å². The van der Waals surface area contributed by atoms with Crippen molar-refractivity contribution in [2.75, 3.05) is 20.7 Å². The topological polar surface area (TPSA) is 123 Å². The van der Waals surface area contributed by atoms with Crippen LogP contribution in [0.5, 0.6) is 5.75 Å². The van der Waals surface area contributed by atoms with Crippen molar-refractivity contribution in [1.82, 2.24) is 29.7 Å². The summed E-state index contributed by atoms with van der Waals surface area (Å²) in [4.78, 5) is 14.7. The molecule has 1 N–H and O–H groups in total. The molecule has 29 heavy (non-hydrogen) atoms. The number of benzene rings is 1. The molecule has 2 atom stereocenters. The van der Waals surface area contributed by atoms with E-state index in [2.05, 4.69) is 24.8 Å². The molecule has 11 heteroatoms. The summed E-state index contributed by atoms with van der Waals surface area (Å²) >= 11 is 0. The van der Waals surface area contributed by atoms with E-state index in [0.29, 0.717) is 36.1 Å². The summed E-state index contributed by atoms with van der Waals surface area (Å²) in [6.07, 6.45) is 5.18. The first-order valence-electron chi connectivity index (χ1n) is 8.93. The minimum Gasteiger partial charge on any atom is -0.497 e. The third-order valence-electron chi connectivity index (χ3n) is 4.76. The van der Waals surface area contributed by atoms with E-state index in [4.69, 9.17) is 9.26 Å². The van der Waals surface area contributed by atoms with Crippen LogP contribution in [0.3, 0.4) is 0 Å². The van der Waals surface area contributed by atoms with Gasteiger partial charge in [-0.25, -0.2) is 18.1 Å². The van der Waals surface area contributed by atoms with Crippen LogP contribution in [-0.4, -0.2) is 60.2 Å². The number of ether oxygens (including phenoxy) is 1. The average molecular weight is 416 g/mol. The number of hydrogen-bond acceptors (Lipinski definition) is 9. The van der Waals surface area contributed by atoms with Crippen molar-refractivity contribution in [3.63, 3.8) is 0 Å². The van der Waals surface area contributed by atoms with Crippen LogP contribution in [0.2, 0.25) is 0 Å². The van der Waals surface area contributed by atoms with E-state index in [1.165, 1.54) is 19.2 Å². The zero-order valence-electron chi connectivity index (χ0n) is 15.9. The molecule has 1 aromatic carbocycles. The Morgan fingerprint density at radius 3 is 2.72 bits per heavy atom. The summed E-state index contributed by atoms with van der Waals surface area (Å²) in [6.45, 7) is 0.517. The summed E-state index contributed by atoms with van der Waals surface area (Å²) in [6, 6.07) is 5.78. The van der Waals surface area contributed by atoms with Gasteiger partial charge in [-0.3, -0.25) is 9.88 Å². The largest absolute Gasteiger partial charge is 0.497 e. The lowest BCUT2D eigenvalue weighted by Gasteiger charge is -2.14. The molecule has 3 aromatic rings. The highest BCUT2D eigenvalue weighted by Crippen LogP contribution is 2.31. The lowest BCUT2D eigenvalue weighted by molar-refractivity contribution is 0.244. The van der Waals surface area contributed by atoms with Gasteiger partial charge in [0.05, 0.1) is 24.2 Å². The highest BCUT2D eigenvalue weighted by Gasteiger charge is 2.36. The zero-order valence-corrected chi connectivity index (χ0v) is 16.7. The molecule has 0 spiro atoms. The highest BCUT2D eigenvalue weighted by molar-refractivity contribution is 7.89. The second-order valence-electron chi connectivity index (χ2n) is 6.73. The van der Waals surface area contributed by atoms with Gasteiger partial charge in [0, 0.05) is 25.0 Å². The summed E-state index contributed by atoms with van der Waals surface area (Å²) < 4.78 is 38.6. The molecule has 0 saturated carbocycles. The predicted octanol–water partition coefficient (Wildman–Crippen LogP) is 1.26. The van der Waals surface area contributed by atoms with Crippen molar-refractivity contribution >= 4 is 10.0 Å². The van der Waals surface area contributed by atoms with E-state index < -0.39 is 10.0 Å². The molecule has 0 amide bonds. The summed E-state index contributed by atoms with van der Waals surface area (Å²) in [5.41, 5.74) is 0.514. The quantitative estimate of drug-likeness (QED) is 0.632. The molecule has 0 unspecified atom stereocenters. The standard InChI is InChI=1S/C18H20N6O4S/c1-24-11-12(23-29(25,26)14-5-3-13(27-2)4-6-14)9-16(24)18-21-17(22-28-18)15-10-19-7-8-20-15/h3-8,10,12,16,23H,9,11H2,1-2H3/t12-,16-/m0/s1. The molecule has 0 bridgehead atoms. The van der Waals surface area contributed by atoms with Gasteiger partial charge in [0.1, 0.15) is 11.4 Å². The number of nitrogens with one attached hydrogen (secondary N) is 1. The number of sulfonamides is 1. The molecule has 4 rings (SSSR count). The number of likely N-dealkylation sites (tertiary alicyclic amines) is 1. The SMILES string of the molecule is COc1ccc(S(=O)(=O)N[C@H]2C[C@@H](c3nc(-c4cnccn4)no3)N(C)C2)cc1. The van der Waals surface area contributed by atoms with Crippen LogP contribution in [0.25, 0.3) is 11.5 Å². The molecule has 3 heterocycles. The molecular weight excluding hydrogens is 396 g/mol. The Kier molecular flexibility index (Phi) is 5.26. The molecule has 1 saturated heterocycles. The van der Waals surface area contributed by atoms with E-state index in [-0.39, 0.29) is 17.0 Å². The Bertz CT molecular complexity index is 1070. The first-order chi connectivity index (χ1) is 14.0. The second-order valence-corrected chi connectivity index (χ2v) is 8.45. The summed E-state index contributed by atoms with van der Waals surface area (Å²) in [5, 5.41) is 3.96. The molecular formula is C18H20N6O4S. The van der Waals surface area contributed by atoms with Gasteiger partial charge in [-0.15, -0.1) is 0 Å². The van der Waals surface area contributed by atoms with Crippen LogP contribution >= 0.6 is 0 Å². The Balaban J connectivity index is 1.46. The van der Waals surface area contributed by atoms with E-state index in [1.807, 2.05) is 11.9 Å². The monoisotopic (exact) mass is 416 g/mol. The molecule has 1 aliphatic heterocycles. The first kappa shape index (κ1) is 19.4. The number of hydrogen-bond donors (Lipinski definition) is 1. The number of aromatic nitrogens is 4. The third kappa shape index (κ3) is 4.11. The van der Waals surface area contributed by atoms with Gasteiger partial charge in [-0.05, 0) is 37.7 Å². The second kappa shape index (κ2) is 7.85. The maximum absolute atomic E-state index is 12.7. The fourth-order valence-electron chi connectivity index (χ4n) is 3.31. The normalized spacial score (nSPS) is 20.1. The van der Waals surface area contributed by atoms with Gasteiger partial charge >= 0.3 is 0 Å². The van der Waals surface area contributed by atoms with Crippen molar-refractivity contribution in [3.8, 4) is 17.3 Å². The minimum absolute atomic E-state index is 0.187. The Morgan fingerprint density at radius 1 is 1.24 bits per heavy atom. The number of likely N-dealkylation sites (N-methyl/N-ethyl adjacent to an activating group) is 1. The van der Waals surface area contributed by atoms with Crippen molar-refractivity contribution in [2.45, 2.75) is 23.4 Å². The van der Waals surface area contributed by atoms with Gasteiger partial charge in [-0.2, -0.15) is 4.98 Å². The Labute approximate surface area is 168 Å². The molecule has 2 aromatic heterocycles. The predicted molar refractivity (Wildman–Crippen MR) is 102 cm³/mol. The van der Waals surface area contributed by atoms with Crippen LogP contribution in [0.1, 0.15) is 18.4 Å². The van der Waals surface area contributed by atoms with E-state index in [9.17, 15) is 8.42 Å². The number of nitrogens with zero attached hydrogens (tertiary/aromatic N) is 5. The fraction of sp³-hybridized carbons (Fsp3) is 0.333. The molecule has 1 aliphatic rings. The Hall–Kier alpha value is -2.89. The fourth-order valence-corrected chi connectivity index (χ4v) is 4.55.